The molecule has 92 valence electrons. The quantitative estimate of drug-likeness (QED) is 0.521. The molecule has 0 saturated carbocycles. The summed E-state index contributed by atoms with van der Waals surface area (Å²) in [5, 5.41) is 0. The van der Waals surface area contributed by atoms with Crippen molar-refractivity contribution in [3.8, 4) is 0 Å². The van der Waals surface area contributed by atoms with Crippen LogP contribution < -0.4 is 0 Å². The SMILES string of the molecule is CCOC(=O)CCCC1=CCCCCCC1. The van der Waals surface area contributed by atoms with Crippen molar-refractivity contribution in [1.29, 1.82) is 0 Å². The highest BCUT2D eigenvalue weighted by atomic mass is 16.5. The second-order valence-electron chi connectivity index (χ2n) is 4.47. The second-order valence-corrected chi connectivity index (χ2v) is 4.47. The van der Waals surface area contributed by atoms with Crippen LogP contribution in [0.4, 0.5) is 0 Å². The van der Waals surface area contributed by atoms with Crippen LogP contribution in [0.5, 0.6) is 0 Å². The summed E-state index contributed by atoms with van der Waals surface area (Å²) in [6.07, 6.45) is 12.9. The minimum Gasteiger partial charge on any atom is -0.466 e. The topological polar surface area (TPSA) is 26.3 Å². The summed E-state index contributed by atoms with van der Waals surface area (Å²) in [6, 6.07) is 0. The van der Waals surface area contributed by atoms with Crippen LogP contribution in [0.25, 0.3) is 0 Å². The summed E-state index contributed by atoms with van der Waals surface area (Å²) in [4.78, 5) is 11.2. The van der Waals surface area contributed by atoms with Crippen molar-refractivity contribution in [3.63, 3.8) is 0 Å². The fraction of sp³-hybridized carbons (Fsp3) is 0.786. The molecule has 2 nitrogen and oxygen atoms in total. The van der Waals surface area contributed by atoms with Gasteiger partial charge in [-0.05, 0) is 45.4 Å². The molecule has 1 rings (SSSR count). The van der Waals surface area contributed by atoms with Crippen LogP contribution >= 0.6 is 0 Å². The predicted molar refractivity (Wildman–Crippen MR) is 66.3 cm³/mol. The predicted octanol–water partition coefficient (Wildman–Crippen LogP) is 4.00. The number of esters is 1. The summed E-state index contributed by atoms with van der Waals surface area (Å²) in [5.74, 6) is -0.0473. The van der Waals surface area contributed by atoms with Gasteiger partial charge in [0.25, 0.3) is 0 Å². The van der Waals surface area contributed by atoms with Crippen LogP contribution in [0.3, 0.4) is 0 Å². The maximum Gasteiger partial charge on any atom is 0.305 e. The van der Waals surface area contributed by atoms with E-state index in [-0.39, 0.29) is 5.97 Å². The van der Waals surface area contributed by atoms with Gasteiger partial charge in [0.05, 0.1) is 6.61 Å². The number of rotatable bonds is 5. The van der Waals surface area contributed by atoms with Crippen molar-refractivity contribution in [3.05, 3.63) is 11.6 Å². The van der Waals surface area contributed by atoms with Crippen molar-refractivity contribution in [2.24, 2.45) is 0 Å². The molecule has 0 saturated heterocycles. The smallest absolute Gasteiger partial charge is 0.305 e. The number of hydrogen-bond donors (Lipinski definition) is 0. The maximum absolute atomic E-state index is 11.2. The molecule has 0 amide bonds. The van der Waals surface area contributed by atoms with E-state index in [1.54, 1.807) is 5.57 Å². The minimum absolute atomic E-state index is 0.0473. The van der Waals surface area contributed by atoms with E-state index in [9.17, 15) is 4.79 Å². The van der Waals surface area contributed by atoms with Crippen molar-refractivity contribution in [2.45, 2.75) is 64.7 Å². The Morgan fingerprint density at radius 1 is 1.31 bits per heavy atom. The normalized spacial score (nSPS) is 17.2. The molecule has 16 heavy (non-hydrogen) atoms. The Bertz CT molecular complexity index is 231. The summed E-state index contributed by atoms with van der Waals surface area (Å²) < 4.78 is 4.92. The van der Waals surface area contributed by atoms with Gasteiger partial charge >= 0.3 is 5.97 Å². The van der Waals surface area contributed by atoms with Crippen molar-refractivity contribution >= 4 is 5.97 Å². The zero-order valence-electron chi connectivity index (χ0n) is 10.5. The third kappa shape index (κ3) is 5.94. The molecule has 0 aromatic rings. The Balaban J connectivity index is 2.17. The first-order chi connectivity index (χ1) is 7.83. The lowest BCUT2D eigenvalue weighted by molar-refractivity contribution is -0.143. The van der Waals surface area contributed by atoms with E-state index in [0.29, 0.717) is 13.0 Å². The fourth-order valence-electron chi connectivity index (χ4n) is 2.18. The molecule has 2 heteroatoms. The Kier molecular flexibility index (Phi) is 6.95. The van der Waals surface area contributed by atoms with Crippen LogP contribution in [0, 0.1) is 0 Å². The van der Waals surface area contributed by atoms with Gasteiger partial charge in [-0.3, -0.25) is 4.79 Å². The summed E-state index contributed by atoms with van der Waals surface area (Å²) >= 11 is 0. The third-order valence-electron chi connectivity index (χ3n) is 3.07. The molecule has 0 aromatic heterocycles. The molecule has 0 aliphatic heterocycles. The number of carbonyl (C=O) groups excluding carboxylic acids is 1. The number of hydrogen-bond acceptors (Lipinski definition) is 2. The molecule has 1 aliphatic rings. The van der Waals surface area contributed by atoms with Gasteiger partial charge in [0.1, 0.15) is 0 Å². The van der Waals surface area contributed by atoms with Crippen molar-refractivity contribution < 1.29 is 9.53 Å². The Morgan fingerprint density at radius 3 is 2.94 bits per heavy atom. The maximum atomic E-state index is 11.2. The first kappa shape index (κ1) is 13.3. The zero-order chi connectivity index (χ0) is 11.6. The molecular formula is C14H24O2. The van der Waals surface area contributed by atoms with Crippen LogP contribution in [-0.2, 0) is 9.53 Å². The summed E-state index contributed by atoms with van der Waals surface area (Å²) in [5.41, 5.74) is 1.56. The van der Waals surface area contributed by atoms with E-state index in [1.165, 1.54) is 38.5 Å². The molecule has 0 spiro atoms. The lowest BCUT2D eigenvalue weighted by Crippen LogP contribution is -2.03. The molecule has 0 fully saturated rings. The molecular weight excluding hydrogens is 200 g/mol. The Hall–Kier alpha value is -0.790. The van der Waals surface area contributed by atoms with Crippen LogP contribution in [-0.4, -0.2) is 12.6 Å². The van der Waals surface area contributed by atoms with Crippen LogP contribution in [0.1, 0.15) is 64.7 Å². The monoisotopic (exact) mass is 224 g/mol. The first-order valence-electron chi connectivity index (χ1n) is 6.66. The molecule has 0 bridgehead atoms. The number of allylic oxidation sites excluding steroid dienone is 2. The van der Waals surface area contributed by atoms with Gasteiger partial charge in [-0.1, -0.05) is 24.5 Å². The van der Waals surface area contributed by atoms with Gasteiger partial charge in [-0.2, -0.15) is 0 Å². The summed E-state index contributed by atoms with van der Waals surface area (Å²) in [7, 11) is 0. The van der Waals surface area contributed by atoms with Gasteiger partial charge in [0, 0.05) is 6.42 Å². The highest BCUT2D eigenvalue weighted by Crippen LogP contribution is 2.21. The van der Waals surface area contributed by atoms with Crippen molar-refractivity contribution in [1.82, 2.24) is 0 Å². The largest absolute Gasteiger partial charge is 0.466 e. The molecule has 0 radical (unpaired) electrons. The van der Waals surface area contributed by atoms with E-state index in [0.717, 1.165) is 12.8 Å². The van der Waals surface area contributed by atoms with Gasteiger partial charge in [0.2, 0.25) is 0 Å². The molecule has 0 unspecified atom stereocenters. The van der Waals surface area contributed by atoms with Gasteiger partial charge in [0.15, 0.2) is 0 Å². The lowest BCUT2D eigenvalue weighted by Gasteiger charge is -2.11. The first-order valence-corrected chi connectivity index (χ1v) is 6.66. The van der Waals surface area contributed by atoms with E-state index in [1.807, 2.05) is 6.92 Å². The summed E-state index contributed by atoms with van der Waals surface area (Å²) in [6.45, 7) is 2.36. The Morgan fingerprint density at radius 2 is 2.12 bits per heavy atom. The molecule has 0 N–H and O–H groups in total. The van der Waals surface area contributed by atoms with E-state index in [2.05, 4.69) is 6.08 Å². The van der Waals surface area contributed by atoms with Gasteiger partial charge in [-0.15, -0.1) is 0 Å². The number of ether oxygens (including phenoxy) is 1. The lowest BCUT2D eigenvalue weighted by atomic mass is 9.96. The molecule has 0 heterocycles. The van der Waals surface area contributed by atoms with Gasteiger partial charge < -0.3 is 4.74 Å². The van der Waals surface area contributed by atoms with Crippen LogP contribution in [0.2, 0.25) is 0 Å². The van der Waals surface area contributed by atoms with E-state index < -0.39 is 0 Å². The standard InChI is InChI=1S/C14H24O2/c1-2-16-14(15)12-8-11-13-9-6-4-3-5-7-10-13/h9H,2-8,10-12H2,1H3. The minimum atomic E-state index is -0.0473. The van der Waals surface area contributed by atoms with Crippen LogP contribution in [0.15, 0.2) is 11.6 Å². The van der Waals surface area contributed by atoms with E-state index >= 15 is 0 Å². The Labute approximate surface area is 99.1 Å². The van der Waals surface area contributed by atoms with Gasteiger partial charge in [-0.25, -0.2) is 0 Å². The third-order valence-corrected chi connectivity index (χ3v) is 3.07. The average molecular weight is 224 g/mol. The molecule has 1 aliphatic carbocycles. The zero-order valence-corrected chi connectivity index (χ0v) is 10.5. The highest BCUT2D eigenvalue weighted by Gasteiger charge is 2.05. The van der Waals surface area contributed by atoms with E-state index in [4.69, 9.17) is 4.74 Å². The fourth-order valence-corrected chi connectivity index (χ4v) is 2.18. The molecule has 0 aromatic carbocycles. The highest BCUT2D eigenvalue weighted by molar-refractivity contribution is 5.69. The molecule has 0 atom stereocenters. The second kappa shape index (κ2) is 8.37. The number of carbonyl (C=O) groups is 1. The average Bonchev–Trinajstić information content (AvgIpc) is 2.21. The van der Waals surface area contributed by atoms with Crippen molar-refractivity contribution in [2.75, 3.05) is 6.61 Å².